The van der Waals surface area contributed by atoms with Crippen LogP contribution in [0.4, 0.5) is 5.82 Å². The fourth-order valence-electron chi connectivity index (χ4n) is 2.28. The monoisotopic (exact) mass is 302 g/mol. The second-order valence-electron chi connectivity index (χ2n) is 4.42. The summed E-state index contributed by atoms with van der Waals surface area (Å²) in [7, 11) is 0. The van der Waals surface area contributed by atoms with E-state index in [4.69, 9.17) is 11.6 Å². The first-order chi connectivity index (χ1) is 7.70. The van der Waals surface area contributed by atoms with Crippen molar-refractivity contribution < 1.29 is 0 Å². The summed E-state index contributed by atoms with van der Waals surface area (Å²) >= 11 is 9.39. The normalized spacial score (nSPS) is 24.7. The van der Waals surface area contributed by atoms with Crippen molar-refractivity contribution in [2.45, 2.75) is 32.2 Å². The van der Waals surface area contributed by atoms with E-state index in [1.54, 1.807) is 0 Å². The van der Waals surface area contributed by atoms with E-state index in [1.807, 2.05) is 6.20 Å². The number of anilines is 1. The van der Waals surface area contributed by atoms with E-state index in [2.05, 4.69) is 39.2 Å². The quantitative estimate of drug-likeness (QED) is 0.855. The van der Waals surface area contributed by atoms with Crippen LogP contribution in [0.3, 0.4) is 0 Å². The van der Waals surface area contributed by atoms with Crippen LogP contribution in [0.5, 0.6) is 0 Å². The predicted octanol–water partition coefficient (Wildman–Crippen LogP) is 3.97. The molecule has 2 unspecified atom stereocenters. The average molecular weight is 304 g/mol. The number of aryl methyl sites for hydroxylation is 1. The van der Waals surface area contributed by atoms with Crippen molar-refractivity contribution in [3.8, 4) is 0 Å². The van der Waals surface area contributed by atoms with Gasteiger partial charge >= 0.3 is 0 Å². The molecule has 1 heterocycles. The number of nitrogens with zero attached hydrogens (tertiary/aromatic N) is 1. The van der Waals surface area contributed by atoms with Crippen molar-refractivity contribution in [3.05, 3.63) is 22.3 Å². The molecule has 2 rings (SSSR count). The smallest absolute Gasteiger partial charge is 0.129 e. The lowest BCUT2D eigenvalue weighted by Crippen LogP contribution is -2.25. The van der Waals surface area contributed by atoms with Gasteiger partial charge in [0, 0.05) is 22.6 Å². The summed E-state index contributed by atoms with van der Waals surface area (Å²) in [6, 6.07) is 2.57. The highest BCUT2D eigenvalue weighted by Gasteiger charge is 2.26. The molecule has 88 valence electrons. The summed E-state index contributed by atoms with van der Waals surface area (Å²) in [5, 5.41) is 3.52. The molecular weight excluding hydrogens is 288 g/mol. The number of nitrogens with one attached hydrogen (secondary N) is 1. The number of aromatic nitrogens is 1. The van der Waals surface area contributed by atoms with Crippen LogP contribution in [0.15, 0.2) is 16.7 Å². The van der Waals surface area contributed by atoms with Gasteiger partial charge in [0.25, 0.3) is 0 Å². The Kier molecular flexibility index (Phi) is 4.09. The molecule has 0 bridgehead atoms. The van der Waals surface area contributed by atoms with E-state index >= 15 is 0 Å². The van der Waals surface area contributed by atoms with E-state index < -0.39 is 0 Å². The molecule has 0 amide bonds. The Bertz CT molecular complexity index is 370. The lowest BCUT2D eigenvalue weighted by molar-refractivity contribution is 0.560. The van der Waals surface area contributed by atoms with Gasteiger partial charge in [0.15, 0.2) is 0 Å². The van der Waals surface area contributed by atoms with Crippen LogP contribution in [0.1, 0.15) is 24.8 Å². The molecule has 1 aliphatic carbocycles. The molecule has 1 aliphatic rings. The minimum Gasteiger partial charge on any atom is -0.367 e. The van der Waals surface area contributed by atoms with Gasteiger partial charge in [-0.15, -0.1) is 11.6 Å². The first-order valence-corrected chi connectivity index (χ1v) is 6.98. The summed E-state index contributed by atoms with van der Waals surface area (Å²) in [5.74, 6) is 2.32. The van der Waals surface area contributed by atoms with Gasteiger partial charge in [-0.2, -0.15) is 0 Å². The third-order valence-corrected chi connectivity index (χ3v) is 4.05. The lowest BCUT2D eigenvalue weighted by atomic mass is 10.1. The third-order valence-electron chi connectivity index (χ3n) is 3.22. The molecule has 4 heteroatoms. The van der Waals surface area contributed by atoms with Gasteiger partial charge in [-0.05, 0) is 53.2 Å². The van der Waals surface area contributed by atoms with Crippen LogP contribution in [-0.2, 0) is 0 Å². The van der Waals surface area contributed by atoms with Crippen LogP contribution >= 0.6 is 27.5 Å². The van der Waals surface area contributed by atoms with Gasteiger partial charge in [0.1, 0.15) is 5.82 Å². The Labute approximate surface area is 110 Å². The Hall–Kier alpha value is -0.280. The van der Waals surface area contributed by atoms with Crippen molar-refractivity contribution in [2.24, 2.45) is 5.92 Å². The molecule has 2 atom stereocenters. The fraction of sp³-hybridized carbons (Fsp3) is 0.583. The maximum Gasteiger partial charge on any atom is 0.129 e. The molecule has 1 N–H and O–H groups in total. The van der Waals surface area contributed by atoms with Crippen molar-refractivity contribution in [1.82, 2.24) is 4.98 Å². The van der Waals surface area contributed by atoms with Crippen LogP contribution in [-0.4, -0.2) is 16.9 Å². The van der Waals surface area contributed by atoms with Gasteiger partial charge in [0.05, 0.1) is 0 Å². The van der Waals surface area contributed by atoms with Crippen molar-refractivity contribution in [2.75, 3.05) is 11.2 Å². The minimum absolute atomic E-state index is 0.491. The molecule has 0 saturated heterocycles. The summed E-state index contributed by atoms with van der Waals surface area (Å²) in [6.45, 7) is 2.07. The minimum atomic E-state index is 0.491. The Balaban J connectivity index is 2.08. The van der Waals surface area contributed by atoms with Gasteiger partial charge in [-0.3, -0.25) is 0 Å². The first-order valence-electron chi connectivity index (χ1n) is 5.65. The zero-order valence-corrected chi connectivity index (χ0v) is 11.7. The number of pyridine rings is 1. The number of halogens is 2. The van der Waals surface area contributed by atoms with Gasteiger partial charge in [-0.25, -0.2) is 4.98 Å². The van der Waals surface area contributed by atoms with E-state index in [1.165, 1.54) is 24.8 Å². The molecular formula is C12H16BrClN2. The Morgan fingerprint density at radius 3 is 3.06 bits per heavy atom. The molecule has 0 spiro atoms. The maximum atomic E-state index is 5.97. The zero-order valence-electron chi connectivity index (χ0n) is 9.34. The number of alkyl halides is 1. The lowest BCUT2D eigenvalue weighted by Gasteiger charge is -2.20. The Morgan fingerprint density at radius 1 is 1.56 bits per heavy atom. The van der Waals surface area contributed by atoms with Crippen molar-refractivity contribution in [3.63, 3.8) is 0 Å². The molecule has 0 radical (unpaired) electrons. The van der Waals surface area contributed by atoms with E-state index in [0.29, 0.717) is 12.0 Å². The average Bonchev–Trinajstić information content (AvgIpc) is 2.69. The molecule has 2 nitrogen and oxygen atoms in total. The molecule has 0 aromatic carbocycles. The van der Waals surface area contributed by atoms with Crippen LogP contribution < -0.4 is 5.32 Å². The summed E-state index contributed by atoms with van der Waals surface area (Å²) in [4.78, 5) is 4.41. The summed E-state index contributed by atoms with van der Waals surface area (Å²) in [5.41, 5.74) is 1.18. The fourth-order valence-corrected chi connectivity index (χ4v) is 3.09. The standard InChI is InChI=1S/C12H16BrClN2/c1-8-5-10(13)7-15-12(8)16-11-4-2-3-9(11)6-14/h5,7,9,11H,2-4,6H2,1H3,(H,15,16). The summed E-state index contributed by atoms with van der Waals surface area (Å²) < 4.78 is 1.02. The highest BCUT2D eigenvalue weighted by Crippen LogP contribution is 2.30. The molecule has 1 fully saturated rings. The largest absolute Gasteiger partial charge is 0.367 e. The highest BCUT2D eigenvalue weighted by atomic mass is 79.9. The van der Waals surface area contributed by atoms with E-state index in [-0.39, 0.29) is 0 Å². The van der Waals surface area contributed by atoms with Crippen molar-refractivity contribution in [1.29, 1.82) is 0 Å². The number of hydrogen-bond donors (Lipinski definition) is 1. The van der Waals surface area contributed by atoms with E-state index in [0.717, 1.165) is 16.2 Å². The van der Waals surface area contributed by atoms with Gasteiger partial charge < -0.3 is 5.32 Å². The topological polar surface area (TPSA) is 24.9 Å². The first kappa shape index (κ1) is 12.2. The van der Waals surface area contributed by atoms with Crippen LogP contribution in [0.25, 0.3) is 0 Å². The molecule has 1 saturated carbocycles. The maximum absolute atomic E-state index is 5.97. The molecule has 1 aromatic rings. The van der Waals surface area contributed by atoms with Gasteiger partial charge in [0.2, 0.25) is 0 Å². The number of hydrogen-bond acceptors (Lipinski definition) is 2. The second kappa shape index (κ2) is 5.37. The van der Waals surface area contributed by atoms with Crippen molar-refractivity contribution >= 4 is 33.3 Å². The molecule has 1 aromatic heterocycles. The molecule has 0 aliphatic heterocycles. The number of rotatable bonds is 3. The molecule has 16 heavy (non-hydrogen) atoms. The SMILES string of the molecule is Cc1cc(Br)cnc1NC1CCCC1CCl. The summed E-state index contributed by atoms with van der Waals surface area (Å²) in [6.07, 6.45) is 5.54. The third kappa shape index (κ3) is 2.69. The van der Waals surface area contributed by atoms with E-state index in [9.17, 15) is 0 Å². The van der Waals surface area contributed by atoms with Gasteiger partial charge in [-0.1, -0.05) is 6.42 Å². The Morgan fingerprint density at radius 2 is 2.38 bits per heavy atom. The van der Waals surface area contributed by atoms with Crippen LogP contribution in [0.2, 0.25) is 0 Å². The highest BCUT2D eigenvalue weighted by molar-refractivity contribution is 9.10. The second-order valence-corrected chi connectivity index (χ2v) is 5.64. The van der Waals surface area contributed by atoms with Crippen LogP contribution in [0, 0.1) is 12.8 Å². The zero-order chi connectivity index (χ0) is 11.5. The predicted molar refractivity (Wildman–Crippen MR) is 72.1 cm³/mol.